The summed E-state index contributed by atoms with van der Waals surface area (Å²) in [4.78, 5) is 16.8. The van der Waals surface area contributed by atoms with Crippen LogP contribution in [0.3, 0.4) is 0 Å². The summed E-state index contributed by atoms with van der Waals surface area (Å²) in [7, 11) is 0. The third kappa shape index (κ3) is 3.30. The van der Waals surface area contributed by atoms with Gasteiger partial charge in [-0.25, -0.2) is 9.50 Å². The van der Waals surface area contributed by atoms with Crippen LogP contribution in [0.1, 0.15) is 41.9 Å². The summed E-state index contributed by atoms with van der Waals surface area (Å²) in [6.07, 6.45) is 2.84. The van der Waals surface area contributed by atoms with Gasteiger partial charge in [-0.05, 0) is 38.3 Å². The average Bonchev–Trinajstić information content (AvgIpc) is 3.04. The summed E-state index contributed by atoms with van der Waals surface area (Å²) in [6, 6.07) is 11.9. The maximum atomic E-state index is 12.3. The lowest BCUT2D eigenvalue weighted by molar-refractivity contribution is -0.121. The molecule has 5 nitrogen and oxygen atoms in total. The van der Waals surface area contributed by atoms with Crippen LogP contribution >= 0.6 is 0 Å². The van der Waals surface area contributed by atoms with E-state index in [1.807, 2.05) is 61.7 Å². The molecule has 3 aromatic rings. The second-order valence-electron chi connectivity index (χ2n) is 6.06. The summed E-state index contributed by atoms with van der Waals surface area (Å²) < 4.78 is 1.83. The molecule has 0 spiro atoms. The Balaban J connectivity index is 1.66. The fourth-order valence-corrected chi connectivity index (χ4v) is 3.01. The van der Waals surface area contributed by atoms with Gasteiger partial charge >= 0.3 is 0 Å². The minimum Gasteiger partial charge on any atom is -0.350 e. The van der Waals surface area contributed by atoms with Gasteiger partial charge in [0, 0.05) is 23.9 Å². The zero-order valence-corrected chi connectivity index (χ0v) is 14.3. The van der Waals surface area contributed by atoms with Gasteiger partial charge in [0.2, 0.25) is 5.91 Å². The van der Waals surface area contributed by atoms with Gasteiger partial charge < -0.3 is 5.32 Å². The normalized spacial score (nSPS) is 12.3. The van der Waals surface area contributed by atoms with Crippen LogP contribution in [-0.2, 0) is 11.2 Å². The van der Waals surface area contributed by atoms with Crippen molar-refractivity contribution in [2.45, 2.75) is 39.7 Å². The lowest BCUT2D eigenvalue weighted by atomic mass is 10.1. The molecule has 2 aromatic heterocycles. The molecular weight excluding hydrogens is 300 g/mol. The Morgan fingerprint density at radius 3 is 2.71 bits per heavy atom. The maximum Gasteiger partial charge on any atom is 0.220 e. The van der Waals surface area contributed by atoms with Crippen LogP contribution in [0.15, 0.2) is 42.6 Å². The molecule has 0 aliphatic carbocycles. The number of hydrogen-bond donors (Lipinski definition) is 1. The van der Waals surface area contributed by atoms with Crippen molar-refractivity contribution in [2.24, 2.45) is 0 Å². The molecule has 0 bridgehead atoms. The van der Waals surface area contributed by atoms with Gasteiger partial charge in [-0.1, -0.05) is 30.3 Å². The number of aromatic nitrogens is 3. The van der Waals surface area contributed by atoms with E-state index in [0.29, 0.717) is 12.8 Å². The summed E-state index contributed by atoms with van der Waals surface area (Å²) in [5.74, 6) is 0.0470. The summed E-state index contributed by atoms with van der Waals surface area (Å²) in [5, 5.41) is 7.34. The molecule has 1 N–H and O–H groups in total. The number of benzene rings is 1. The highest BCUT2D eigenvalue weighted by atomic mass is 16.1. The van der Waals surface area contributed by atoms with Crippen molar-refractivity contribution >= 4 is 11.6 Å². The van der Waals surface area contributed by atoms with Gasteiger partial charge in [0.05, 0.1) is 12.2 Å². The summed E-state index contributed by atoms with van der Waals surface area (Å²) in [6.45, 7) is 6.01. The highest BCUT2D eigenvalue weighted by Gasteiger charge is 2.13. The number of hydrogen-bond acceptors (Lipinski definition) is 3. The van der Waals surface area contributed by atoms with Crippen molar-refractivity contribution in [3.63, 3.8) is 0 Å². The lowest BCUT2D eigenvalue weighted by Crippen LogP contribution is -2.27. The molecule has 1 atom stereocenters. The number of nitrogens with zero attached hydrogens (tertiary/aromatic N) is 3. The quantitative estimate of drug-likeness (QED) is 0.785. The van der Waals surface area contributed by atoms with E-state index in [-0.39, 0.29) is 11.9 Å². The summed E-state index contributed by atoms with van der Waals surface area (Å²) >= 11 is 0. The van der Waals surface area contributed by atoms with Crippen molar-refractivity contribution in [1.29, 1.82) is 0 Å². The molecular formula is C19H22N4O. The first-order valence-corrected chi connectivity index (χ1v) is 8.20. The number of rotatable bonds is 5. The Morgan fingerprint density at radius 1 is 1.21 bits per heavy atom. The molecule has 0 radical (unpaired) electrons. The zero-order valence-electron chi connectivity index (χ0n) is 14.3. The predicted octanol–water partition coefficient (Wildman–Crippen LogP) is 3.16. The molecule has 0 unspecified atom stereocenters. The molecule has 24 heavy (non-hydrogen) atoms. The maximum absolute atomic E-state index is 12.3. The highest BCUT2D eigenvalue weighted by Crippen LogP contribution is 2.16. The van der Waals surface area contributed by atoms with E-state index in [4.69, 9.17) is 0 Å². The van der Waals surface area contributed by atoms with E-state index in [2.05, 4.69) is 15.4 Å². The standard InChI is InChI=1S/C19H22N4O/c1-13(16-7-5-4-6-8-16)22-19(24)10-9-17-14(2)21-18-11-12-20-23(18)15(17)3/h4-8,11-13H,9-10H2,1-3H3,(H,22,24)/t13-/m1/s1. The van der Waals surface area contributed by atoms with E-state index in [1.54, 1.807) is 6.20 Å². The van der Waals surface area contributed by atoms with Gasteiger partial charge in [0.1, 0.15) is 0 Å². The van der Waals surface area contributed by atoms with E-state index in [1.165, 1.54) is 0 Å². The van der Waals surface area contributed by atoms with Gasteiger partial charge in [0.15, 0.2) is 5.65 Å². The van der Waals surface area contributed by atoms with Crippen molar-refractivity contribution in [2.75, 3.05) is 0 Å². The van der Waals surface area contributed by atoms with Crippen LogP contribution in [0.4, 0.5) is 0 Å². The third-order valence-corrected chi connectivity index (χ3v) is 4.38. The van der Waals surface area contributed by atoms with Crippen molar-refractivity contribution < 1.29 is 4.79 Å². The van der Waals surface area contributed by atoms with E-state index >= 15 is 0 Å². The van der Waals surface area contributed by atoms with Crippen LogP contribution in [0.5, 0.6) is 0 Å². The van der Waals surface area contributed by atoms with Gasteiger partial charge in [-0.2, -0.15) is 5.10 Å². The number of amides is 1. The Labute approximate surface area is 141 Å². The topological polar surface area (TPSA) is 59.3 Å². The van der Waals surface area contributed by atoms with Crippen LogP contribution in [0, 0.1) is 13.8 Å². The Bertz CT molecular complexity index is 854. The summed E-state index contributed by atoms with van der Waals surface area (Å²) in [5.41, 5.74) is 5.05. The number of aryl methyl sites for hydroxylation is 2. The molecule has 0 saturated heterocycles. The number of fused-ring (bicyclic) bond motifs is 1. The van der Waals surface area contributed by atoms with E-state index < -0.39 is 0 Å². The molecule has 1 amide bonds. The fourth-order valence-electron chi connectivity index (χ4n) is 3.01. The first-order chi connectivity index (χ1) is 11.6. The first-order valence-electron chi connectivity index (χ1n) is 8.20. The molecule has 0 aliphatic rings. The van der Waals surface area contributed by atoms with Gasteiger partial charge in [0.25, 0.3) is 0 Å². The Kier molecular flexibility index (Phi) is 4.60. The molecule has 0 fully saturated rings. The molecule has 3 rings (SSSR count). The Hall–Kier alpha value is -2.69. The van der Waals surface area contributed by atoms with Gasteiger partial charge in [-0.15, -0.1) is 0 Å². The monoisotopic (exact) mass is 322 g/mol. The molecule has 0 saturated carbocycles. The van der Waals surface area contributed by atoms with Crippen LogP contribution in [0.25, 0.3) is 5.65 Å². The molecule has 0 aliphatic heterocycles. The van der Waals surface area contributed by atoms with Crippen LogP contribution in [0.2, 0.25) is 0 Å². The number of carbonyl (C=O) groups excluding carboxylic acids is 1. The molecule has 2 heterocycles. The SMILES string of the molecule is Cc1nc2ccnn2c(C)c1CCC(=O)N[C@H](C)c1ccccc1. The Morgan fingerprint density at radius 2 is 1.96 bits per heavy atom. The van der Waals surface area contributed by atoms with E-state index in [9.17, 15) is 4.79 Å². The smallest absolute Gasteiger partial charge is 0.220 e. The zero-order chi connectivity index (χ0) is 17.1. The van der Waals surface area contributed by atoms with Crippen molar-refractivity contribution in [1.82, 2.24) is 19.9 Å². The molecule has 5 heteroatoms. The van der Waals surface area contributed by atoms with E-state index in [0.717, 1.165) is 28.2 Å². The van der Waals surface area contributed by atoms with Gasteiger partial charge in [-0.3, -0.25) is 4.79 Å². The first kappa shape index (κ1) is 16.2. The van der Waals surface area contributed by atoms with Crippen LogP contribution < -0.4 is 5.32 Å². The third-order valence-electron chi connectivity index (χ3n) is 4.38. The fraction of sp³-hybridized carbons (Fsp3) is 0.316. The highest BCUT2D eigenvalue weighted by molar-refractivity contribution is 5.76. The number of carbonyl (C=O) groups is 1. The minimum absolute atomic E-state index is 0.00705. The minimum atomic E-state index is 0.00705. The number of nitrogens with one attached hydrogen (secondary N) is 1. The molecule has 124 valence electrons. The van der Waals surface area contributed by atoms with Crippen molar-refractivity contribution in [3.8, 4) is 0 Å². The second kappa shape index (κ2) is 6.83. The van der Waals surface area contributed by atoms with Crippen LogP contribution in [-0.4, -0.2) is 20.5 Å². The average molecular weight is 322 g/mol. The second-order valence-corrected chi connectivity index (χ2v) is 6.06. The lowest BCUT2D eigenvalue weighted by Gasteiger charge is -2.15. The largest absolute Gasteiger partial charge is 0.350 e. The predicted molar refractivity (Wildman–Crippen MR) is 93.8 cm³/mol. The van der Waals surface area contributed by atoms with Crippen molar-refractivity contribution in [3.05, 3.63) is 65.1 Å². The molecule has 1 aromatic carbocycles.